The van der Waals surface area contributed by atoms with Crippen LogP contribution in [0.3, 0.4) is 0 Å². The van der Waals surface area contributed by atoms with E-state index in [0.29, 0.717) is 25.6 Å². The molecule has 0 bridgehead atoms. The zero-order valence-corrected chi connectivity index (χ0v) is 18.3. The maximum Gasteiger partial charge on any atom is 0.226 e. The van der Waals surface area contributed by atoms with Gasteiger partial charge in [-0.05, 0) is 57.4 Å². The van der Waals surface area contributed by atoms with Gasteiger partial charge in [-0.2, -0.15) is 5.10 Å². The largest absolute Gasteiger partial charge is 0.494 e. The molecule has 1 aromatic carbocycles. The van der Waals surface area contributed by atoms with Crippen LogP contribution < -0.4 is 15.0 Å². The van der Waals surface area contributed by atoms with E-state index in [1.165, 1.54) is 0 Å². The number of nitrogens with zero attached hydrogens (tertiary/aromatic N) is 5. The Kier molecular flexibility index (Phi) is 6.64. The van der Waals surface area contributed by atoms with Crippen LogP contribution in [0.5, 0.6) is 5.75 Å². The monoisotopic (exact) mass is 422 g/mol. The molecule has 1 fully saturated rings. The first kappa shape index (κ1) is 21.1. The highest BCUT2D eigenvalue weighted by Gasteiger charge is 2.27. The van der Waals surface area contributed by atoms with E-state index in [0.717, 1.165) is 54.7 Å². The van der Waals surface area contributed by atoms with Crippen LogP contribution in [-0.2, 0) is 11.3 Å². The molecule has 4 rings (SSSR count). The predicted molar refractivity (Wildman–Crippen MR) is 120 cm³/mol. The molecule has 3 aromatic rings. The summed E-state index contributed by atoms with van der Waals surface area (Å²) in [5.41, 5.74) is 1.82. The third-order valence-corrected chi connectivity index (χ3v) is 5.65. The van der Waals surface area contributed by atoms with Gasteiger partial charge >= 0.3 is 0 Å². The van der Waals surface area contributed by atoms with Gasteiger partial charge in [-0.25, -0.2) is 9.97 Å². The molecule has 1 amide bonds. The lowest BCUT2D eigenvalue weighted by atomic mass is 9.97. The average molecular weight is 423 g/mol. The Morgan fingerprint density at radius 3 is 3.03 bits per heavy atom. The van der Waals surface area contributed by atoms with Gasteiger partial charge in [-0.3, -0.25) is 9.48 Å². The molecule has 1 N–H and O–H groups in total. The first-order chi connectivity index (χ1) is 15.1. The molecule has 2 aromatic heterocycles. The minimum absolute atomic E-state index is 0.0432. The molecule has 164 valence electrons. The molecule has 0 unspecified atom stereocenters. The zero-order valence-electron chi connectivity index (χ0n) is 18.3. The molecule has 1 saturated heterocycles. The molecule has 1 aliphatic rings. The molecule has 8 nitrogen and oxygen atoms in total. The highest BCUT2D eigenvalue weighted by atomic mass is 16.5. The van der Waals surface area contributed by atoms with E-state index >= 15 is 0 Å². The molecule has 3 heterocycles. The van der Waals surface area contributed by atoms with Crippen molar-refractivity contribution in [2.75, 3.05) is 31.1 Å². The summed E-state index contributed by atoms with van der Waals surface area (Å²) in [4.78, 5) is 24.4. The number of ether oxygens (including phenoxy) is 1. The van der Waals surface area contributed by atoms with E-state index in [2.05, 4.69) is 15.3 Å². The Bertz CT molecular complexity index is 1020. The normalized spacial score (nSPS) is 16.5. The number of amides is 1. The molecule has 31 heavy (non-hydrogen) atoms. The minimum Gasteiger partial charge on any atom is -0.494 e. The second kappa shape index (κ2) is 9.76. The van der Waals surface area contributed by atoms with Gasteiger partial charge in [0.1, 0.15) is 5.75 Å². The van der Waals surface area contributed by atoms with E-state index in [9.17, 15) is 4.79 Å². The van der Waals surface area contributed by atoms with Crippen molar-refractivity contribution in [1.29, 1.82) is 0 Å². The van der Waals surface area contributed by atoms with Crippen molar-refractivity contribution in [3.8, 4) is 5.75 Å². The van der Waals surface area contributed by atoms with E-state index in [1.807, 2.05) is 49.0 Å². The maximum atomic E-state index is 12.7. The summed E-state index contributed by atoms with van der Waals surface area (Å²) in [6.07, 6.45) is 6.41. The fourth-order valence-corrected chi connectivity index (χ4v) is 4.05. The Hall–Kier alpha value is -3.16. The fraction of sp³-hybridized carbons (Fsp3) is 0.478. The summed E-state index contributed by atoms with van der Waals surface area (Å²) in [6.45, 7) is 7.57. The summed E-state index contributed by atoms with van der Waals surface area (Å²) < 4.78 is 7.48. The molecule has 8 heteroatoms. The summed E-state index contributed by atoms with van der Waals surface area (Å²) in [5.74, 6) is 1.60. The summed E-state index contributed by atoms with van der Waals surface area (Å²) >= 11 is 0. The number of rotatable bonds is 8. The van der Waals surface area contributed by atoms with Crippen LogP contribution in [0, 0.1) is 12.8 Å². The molecule has 1 atom stereocenters. The highest BCUT2D eigenvalue weighted by molar-refractivity contribution is 5.83. The van der Waals surface area contributed by atoms with Crippen molar-refractivity contribution >= 4 is 22.8 Å². The number of aromatic nitrogens is 4. The number of hydrogen-bond acceptors (Lipinski definition) is 6. The van der Waals surface area contributed by atoms with E-state index in [1.54, 1.807) is 6.20 Å². The zero-order chi connectivity index (χ0) is 21.6. The molecule has 0 spiro atoms. The van der Waals surface area contributed by atoms with Crippen LogP contribution in [-0.4, -0.2) is 51.9 Å². The van der Waals surface area contributed by atoms with Crippen molar-refractivity contribution in [1.82, 2.24) is 25.1 Å². The molecular weight excluding hydrogens is 392 g/mol. The second-order valence-corrected chi connectivity index (χ2v) is 7.92. The van der Waals surface area contributed by atoms with Gasteiger partial charge in [0.05, 0.1) is 23.7 Å². The first-order valence-electron chi connectivity index (χ1n) is 11.1. The van der Waals surface area contributed by atoms with Gasteiger partial charge in [-0.1, -0.05) is 0 Å². The minimum atomic E-state index is -0.0432. The smallest absolute Gasteiger partial charge is 0.226 e. The van der Waals surface area contributed by atoms with Crippen LogP contribution in [0.25, 0.3) is 10.9 Å². The lowest BCUT2D eigenvalue weighted by Crippen LogP contribution is -2.44. The number of carbonyl (C=O) groups excluding carboxylic acids is 1. The Morgan fingerprint density at radius 2 is 2.23 bits per heavy atom. The quantitative estimate of drug-likeness (QED) is 0.562. The lowest BCUT2D eigenvalue weighted by molar-refractivity contribution is -0.125. The predicted octanol–water partition coefficient (Wildman–Crippen LogP) is 2.96. The van der Waals surface area contributed by atoms with Crippen molar-refractivity contribution < 1.29 is 9.53 Å². The van der Waals surface area contributed by atoms with Crippen molar-refractivity contribution in [3.05, 3.63) is 42.4 Å². The third kappa shape index (κ3) is 5.13. The Balaban J connectivity index is 1.37. The molecular formula is C23H30N6O2. The first-order valence-corrected chi connectivity index (χ1v) is 11.1. The Morgan fingerprint density at radius 1 is 1.32 bits per heavy atom. The second-order valence-electron chi connectivity index (χ2n) is 7.92. The molecule has 0 aliphatic carbocycles. The number of fused-ring (bicyclic) bond motifs is 1. The van der Waals surface area contributed by atoms with Crippen LogP contribution in [0.1, 0.15) is 31.9 Å². The summed E-state index contributed by atoms with van der Waals surface area (Å²) in [6, 6.07) is 7.82. The molecule has 0 saturated carbocycles. The fourth-order valence-electron chi connectivity index (χ4n) is 4.05. The van der Waals surface area contributed by atoms with Gasteiger partial charge in [0, 0.05) is 44.0 Å². The topological polar surface area (TPSA) is 85.2 Å². The van der Waals surface area contributed by atoms with Crippen LogP contribution >= 0.6 is 0 Å². The number of carbonyl (C=O) groups is 1. The summed E-state index contributed by atoms with van der Waals surface area (Å²) in [5, 5.41) is 8.27. The highest BCUT2D eigenvalue weighted by Crippen LogP contribution is 2.26. The van der Waals surface area contributed by atoms with Gasteiger partial charge in [0.2, 0.25) is 11.9 Å². The number of piperidine rings is 1. The maximum absolute atomic E-state index is 12.7. The number of hydrogen-bond donors (Lipinski definition) is 1. The number of benzene rings is 1. The average Bonchev–Trinajstić information content (AvgIpc) is 3.31. The van der Waals surface area contributed by atoms with Crippen LogP contribution in [0.2, 0.25) is 0 Å². The van der Waals surface area contributed by atoms with Crippen molar-refractivity contribution in [3.63, 3.8) is 0 Å². The van der Waals surface area contributed by atoms with Crippen LogP contribution in [0.15, 0.2) is 36.7 Å². The van der Waals surface area contributed by atoms with Crippen molar-refractivity contribution in [2.24, 2.45) is 5.92 Å². The van der Waals surface area contributed by atoms with Gasteiger partial charge in [0.25, 0.3) is 0 Å². The van der Waals surface area contributed by atoms with Gasteiger partial charge < -0.3 is 15.0 Å². The SMILES string of the molecule is CCOc1ccc2nc(N3CCC[C@@H](C(=O)NCCCn4cccn4)C3)nc(C)c2c1. The van der Waals surface area contributed by atoms with Gasteiger partial charge in [0.15, 0.2) is 0 Å². The number of aryl methyl sites for hydroxylation is 2. The number of anilines is 1. The van der Waals surface area contributed by atoms with Gasteiger partial charge in [-0.15, -0.1) is 0 Å². The lowest BCUT2D eigenvalue weighted by Gasteiger charge is -2.32. The molecule has 0 radical (unpaired) electrons. The van der Waals surface area contributed by atoms with E-state index in [-0.39, 0.29) is 11.8 Å². The summed E-state index contributed by atoms with van der Waals surface area (Å²) in [7, 11) is 0. The van der Waals surface area contributed by atoms with Crippen LogP contribution in [0.4, 0.5) is 5.95 Å². The van der Waals surface area contributed by atoms with Crippen molar-refractivity contribution in [2.45, 2.75) is 39.7 Å². The van der Waals surface area contributed by atoms with E-state index in [4.69, 9.17) is 14.7 Å². The third-order valence-electron chi connectivity index (χ3n) is 5.65. The molecule has 1 aliphatic heterocycles. The van der Waals surface area contributed by atoms with E-state index < -0.39 is 0 Å². The number of nitrogens with one attached hydrogen (secondary N) is 1. The standard InChI is InChI=1S/C23H30N6O2/c1-3-31-19-8-9-21-20(15-19)17(2)26-23(27-21)28-12-4-7-18(16-28)22(30)24-10-5-13-29-14-6-11-25-29/h6,8-9,11,14-15,18H,3-5,7,10,12-13,16H2,1-2H3,(H,24,30)/t18-/m1/s1. The Labute approximate surface area is 182 Å².